The molecule has 3 atom stereocenters. The number of ether oxygens (including phenoxy) is 2. The Kier molecular flexibility index (Phi) is 18.6. The van der Waals surface area contributed by atoms with Crippen LogP contribution in [0.25, 0.3) is 10.1 Å². The predicted octanol–water partition coefficient (Wildman–Crippen LogP) is 7.62. The van der Waals surface area contributed by atoms with Crippen molar-refractivity contribution in [3.05, 3.63) is 94.6 Å². The van der Waals surface area contributed by atoms with Crippen LogP contribution in [0.1, 0.15) is 103 Å². The molecule has 0 unspecified atom stereocenters. The molecular formula is C55H66N8O10S. The molecule has 2 aliphatic heterocycles. The van der Waals surface area contributed by atoms with Gasteiger partial charge < -0.3 is 49.9 Å². The van der Waals surface area contributed by atoms with Gasteiger partial charge in [-0.1, -0.05) is 30.3 Å². The third-order valence-electron chi connectivity index (χ3n) is 13.0. The minimum atomic E-state index is -0.769. The van der Waals surface area contributed by atoms with Gasteiger partial charge in [0, 0.05) is 111 Å². The number of nitrogens with one attached hydrogen (secondary N) is 4. The van der Waals surface area contributed by atoms with Crippen LogP contribution in [-0.2, 0) is 48.7 Å². The van der Waals surface area contributed by atoms with Crippen LogP contribution in [0.3, 0.4) is 0 Å². The highest BCUT2D eigenvalue weighted by Gasteiger charge is 2.39. The van der Waals surface area contributed by atoms with Crippen LogP contribution in [-0.4, -0.2) is 104 Å². The van der Waals surface area contributed by atoms with Gasteiger partial charge in [0.05, 0.1) is 42.7 Å². The second-order valence-corrected chi connectivity index (χ2v) is 20.0. The summed E-state index contributed by atoms with van der Waals surface area (Å²) < 4.78 is 14.3. The molecule has 19 heteroatoms. The zero-order valence-electron chi connectivity index (χ0n) is 42.9. The Balaban J connectivity index is 0.822. The molecule has 5 amide bonds. The van der Waals surface area contributed by atoms with Gasteiger partial charge in [-0.05, 0) is 92.9 Å². The molecule has 3 aromatic carbocycles. The molecule has 2 aliphatic rings. The molecule has 0 spiro atoms. The van der Waals surface area contributed by atoms with Crippen molar-refractivity contribution in [1.29, 1.82) is 0 Å². The monoisotopic (exact) mass is 1030 g/mol. The molecule has 4 heterocycles. The maximum absolute atomic E-state index is 13.9. The van der Waals surface area contributed by atoms with E-state index in [-0.39, 0.29) is 79.4 Å². The molecule has 2 aromatic heterocycles. The third-order valence-corrected chi connectivity index (χ3v) is 14.2. The summed E-state index contributed by atoms with van der Waals surface area (Å²) in [5, 5.41) is 15.9. The van der Waals surface area contributed by atoms with Crippen LogP contribution in [0.4, 0.5) is 22.7 Å². The van der Waals surface area contributed by atoms with Crippen molar-refractivity contribution in [2.24, 2.45) is 18.1 Å². The molecule has 4 N–H and O–H groups in total. The molecule has 0 radical (unpaired) electrons. The van der Waals surface area contributed by atoms with Crippen molar-refractivity contribution >= 4 is 91.5 Å². The number of methoxy groups -OCH3 is 1. The topological polar surface area (TPSA) is 219 Å². The van der Waals surface area contributed by atoms with E-state index in [1.165, 1.54) is 18.4 Å². The van der Waals surface area contributed by atoms with Crippen LogP contribution >= 0.6 is 11.3 Å². The van der Waals surface area contributed by atoms with E-state index in [9.17, 15) is 33.6 Å². The summed E-state index contributed by atoms with van der Waals surface area (Å²) in [7, 11) is 5.22. The number of likely N-dealkylation sites (N-methyl/N-ethyl adjacent to an activating group) is 1. The van der Waals surface area contributed by atoms with E-state index in [0.29, 0.717) is 85.9 Å². The van der Waals surface area contributed by atoms with Crippen molar-refractivity contribution in [1.82, 2.24) is 15.2 Å². The van der Waals surface area contributed by atoms with Crippen LogP contribution in [0, 0.1) is 5.92 Å². The number of rotatable bonds is 26. The SMILES string of the molecule is CC=NOCCCNC(=O)CCCCC(=O)C[C@@H](C)C(=O)N[C@@H](C)C(=O)Cc1cc2cc(NC(=O)c3cc(NC(=O)CCCOc4cc5c(cc4OC)C(=O)N4c6ccccc6C[C@H]4CN5C)cn3C)ccc2s1. The summed E-state index contributed by atoms with van der Waals surface area (Å²) in [6, 6.07) is 19.8. The Morgan fingerprint density at radius 2 is 1.64 bits per heavy atom. The van der Waals surface area contributed by atoms with Crippen LogP contribution in [0.2, 0.25) is 0 Å². The molecule has 5 aromatic rings. The predicted molar refractivity (Wildman–Crippen MR) is 287 cm³/mol. The summed E-state index contributed by atoms with van der Waals surface area (Å²) in [4.78, 5) is 101. The average Bonchev–Trinajstić information content (AvgIpc) is 4.06. The quantitative estimate of drug-likeness (QED) is 0.0240. The van der Waals surface area contributed by atoms with Crippen molar-refractivity contribution in [3.8, 4) is 11.5 Å². The molecular weight excluding hydrogens is 965 g/mol. The lowest BCUT2D eigenvalue weighted by molar-refractivity contribution is -0.131. The Hall–Kier alpha value is -7.54. The number of amides is 5. The number of fused-ring (bicyclic) bond motifs is 5. The summed E-state index contributed by atoms with van der Waals surface area (Å²) >= 11 is 1.45. The van der Waals surface area contributed by atoms with Gasteiger partial charge in [0.1, 0.15) is 18.1 Å². The third kappa shape index (κ3) is 13.9. The molecule has 18 nitrogen and oxygen atoms in total. The molecule has 0 bridgehead atoms. The van der Waals surface area contributed by atoms with E-state index < -0.39 is 12.0 Å². The first-order valence-corrected chi connectivity index (χ1v) is 25.9. The van der Waals surface area contributed by atoms with Crippen molar-refractivity contribution < 1.29 is 47.9 Å². The van der Waals surface area contributed by atoms with E-state index in [1.807, 2.05) is 54.4 Å². The highest BCUT2D eigenvalue weighted by molar-refractivity contribution is 7.19. The lowest BCUT2D eigenvalue weighted by atomic mass is 9.99. The fraction of sp³-hybridized carbons (Fsp3) is 0.418. The minimum Gasteiger partial charge on any atom is -0.493 e. The number of Topliss-reactive ketones (excluding diaryl/α,β-unsaturated/α-hetero) is 2. The number of anilines is 4. The first-order chi connectivity index (χ1) is 35.6. The molecule has 0 saturated heterocycles. The number of carbonyl (C=O) groups excluding carboxylic acids is 7. The number of carbonyl (C=O) groups is 7. The summed E-state index contributed by atoms with van der Waals surface area (Å²) in [6.07, 6.45) is 7.00. The standard InChI is InChI=1S/C55H66N8O10S/c1-7-57-73-23-13-21-56-51(66)17-11-9-15-41(64)24-34(2)53(68)58-35(3)47(65)29-42-27-37-25-38(19-20-50(37)74-42)60-54(69)46-28-39(32-61(46)4)59-52(67)18-12-22-72-49-31-45-43(30-48(49)71-6)55(70)63-40(33-62(45)5)26-36-14-8-10-16-44(36)63/h7-8,10,14,16,19-20,25,27-28,30-32,34-35,40H,9,11-13,15,17-18,21-24,26,29,33H2,1-6H3,(H,56,66)(H,58,68)(H,59,67)(H,60,69)/t34-,35+,40+/m1/s1. The number of ketones is 2. The zero-order chi connectivity index (χ0) is 52.9. The molecule has 7 rings (SSSR count). The Labute approximate surface area is 435 Å². The van der Waals surface area contributed by atoms with Crippen molar-refractivity contribution in [2.45, 2.75) is 97.1 Å². The Morgan fingerprint density at radius 3 is 2.43 bits per heavy atom. The Morgan fingerprint density at radius 1 is 0.851 bits per heavy atom. The van der Waals surface area contributed by atoms with Gasteiger partial charge in [0.15, 0.2) is 17.3 Å². The largest absolute Gasteiger partial charge is 0.493 e. The lowest BCUT2D eigenvalue weighted by Crippen LogP contribution is -2.42. The highest BCUT2D eigenvalue weighted by atomic mass is 32.1. The number of benzene rings is 3. The fourth-order valence-electron chi connectivity index (χ4n) is 9.18. The minimum absolute atomic E-state index is 0.00753. The average molecular weight is 1030 g/mol. The second kappa shape index (κ2) is 25.4. The Bertz CT molecular complexity index is 2910. The highest BCUT2D eigenvalue weighted by Crippen LogP contribution is 2.42. The van der Waals surface area contributed by atoms with E-state index >= 15 is 0 Å². The molecule has 0 aliphatic carbocycles. The van der Waals surface area contributed by atoms with E-state index in [4.69, 9.17) is 14.3 Å². The summed E-state index contributed by atoms with van der Waals surface area (Å²) in [5.74, 6) is -1.13. The fourth-order valence-corrected chi connectivity index (χ4v) is 10.2. The number of unbranched alkanes of at least 4 members (excludes halogenated alkanes) is 1. The number of aryl methyl sites for hydroxylation is 1. The van der Waals surface area contributed by atoms with Crippen molar-refractivity contribution in [3.63, 3.8) is 0 Å². The van der Waals surface area contributed by atoms with E-state index in [0.717, 1.165) is 38.3 Å². The number of thiophene rings is 1. The number of hydrogen-bond donors (Lipinski definition) is 4. The normalized spacial score (nSPS) is 14.6. The zero-order valence-corrected chi connectivity index (χ0v) is 43.7. The van der Waals surface area contributed by atoms with Crippen molar-refractivity contribution in [2.75, 3.05) is 60.9 Å². The van der Waals surface area contributed by atoms with Gasteiger partial charge >= 0.3 is 0 Å². The van der Waals surface area contributed by atoms with Gasteiger partial charge in [-0.25, -0.2) is 0 Å². The first kappa shape index (κ1) is 54.2. The van der Waals surface area contributed by atoms with Gasteiger partial charge in [-0.2, -0.15) is 0 Å². The smallest absolute Gasteiger partial charge is 0.272 e. The first-order valence-electron chi connectivity index (χ1n) is 25.1. The van der Waals surface area contributed by atoms with Gasteiger partial charge in [-0.15, -0.1) is 11.3 Å². The molecule has 74 heavy (non-hydrogen) atoms. The van der Waals surface area contributed by atoms with Crippen LogP contribution < -0.4 is 40.5 Å². The van der Waals surface area contributed by atoms with E-state index in [1.54, 1.807) is 63.0 Å². The lowest BCUT2D eigenvalue weighted by Gasteiger charge is -2.25. The van der Waals surface area contributed by atoms with Gasteiger partial charge in [0.2, 0.25) is 17.7 Å². The van der Waals surface area contributed by atoms with Gasteiger partial charge in [-0.3, -0.25) is 33.6 Å². The van der Waals surface area contributed by atoms with Gasteiger partial charge in [0.25, 0.3) is 11.8 Å². The number of para-hydroxylation sites is 1. The summed E-state index contributed by atoms with van der Waals surface area (Å²) in [6.45, 7) is 6.82. The molecule has 0 fully saturated rings. The van der Waals surface area contributed by atoms with Crippen LogP contribution in [0.5, 0.6) is 11.5 Å². The maximum Gasteiger partial charge on any atom is 0.272 e. The second-order valence-electron chi connectivity index (χ2n) is 18.8. The number of oxime groups is 1. The molecule has 392 valence electrons. The number of nitrogens with zero attached hydrogens (tertiary/aromatic N) is 4. The van der Waals surface area contributed by atoms with Crippen LogP contribution in [0.15, 0.2) is 78.1 Å². The summed E-state index contributed by atoms with van der Waals surface area (Å²) in [5.41, 5.74) is 4.71. The number of aromatic nitrogens is 1. The maximum atomic E-state index is 13.9. The van der Waals surface area contributed by atoms with E-state index in [2.05, 4.69) is 37.4 Å². The number of hydrogen-bond acceptors (Lipinski definition) is 13. The molecule has 0 saturated carbocycles.